The third kappa shape index (κ3) is 2.98. The molecule has 58 valence electrons. The molecule has 0 saturated heterocycles. The zero-order chi connectivity index (χ0) is 8.20. The normalized spacial score (nSPS) is 14.2. The second-order valence-corrected chi connectivity index (χ2v) is 3.82. The first-order valence-electron chi connectivity index (χ1n) is 2.97. The zero-order valence-electron chi connectivity index (χ0n) is 5.69. The van der Waals surface area contributed by atoms with E-state index in [9.17, 15) is 4.57 Å². The van der Waals surface area contributed by atoms with Gasteiger partial charge in [-0.15, -0.1) is 0 Å². The maximum atomic E-state index is 10.4. The summed E-state index contributed by atoms with van der Waals surface area (Å²) in [6.45, 7) is 1.78. The molecule has 0 saturated carbocycles. The number of rotatable bonds is 3. The smallest absolute Gasteiger partial charge is 0.324 e. The highest BCUT2D eigenvalue weighted by Crippen LogP contribution is 2.42. The van der Waals surface area contributed by atoms with Gasteiger partial charge in [-0.2, -0.15) is 5.26 Å². The lowest BCUT2D eigenvalue weighted by Crippen LogP contribution is -2.03. The van der Waals surface area contributed by atoms with Crippen molar-refractivity contribution >= 4 is 7.60 Å². The second kappa shape index (κ2) is 3.72. The van der Waals surface area contributed by atoms with Gasteiger partial charge in [-0.05, 0) is 6.42 Å². The van der Waals surface area contributed by atoms with E-state index in [2.05, 4.69) is 0 Å². The molecule has 10 heavy (non-hydrogen) atoms. The molecule has 2 N–H and O–H groups in total. The van der Waals surface area contributed by atoms with E-state index in [1.807, 2.05) is 0 Å². The Morgan fingerprint density at radius 3 is 2.30 bits per heavy atom. The van der Waals surface area contributed by atoms with Crippen molar-refractivity contribution in [3.8, 4) is 6.07 Å². The van der Waals surface area contributed by atoms with Gasteiger partial charge in [0.15, 0.2) is 0 Å². The number of nitrogens with zero attached hydrogens (tertiary/aromatic N) is 1. The van der Waals surface area contributed by atoms with Crippen LogP contribution in [0.1, 0.15) is 19.8 Å². The van der Waals surface area contributed by atoms with Crippen LogP contribution in [-0.4, -0.2) is 15.4 Å². The summed E-state index contributed by atoms with van der Waals surface area (Å²) in [5, 5.41) is 8.25. The zero-order valence-corrected chi connectivity index (χ0v) is 6.58. The van der Waals surface area contributed by atoms with E-state index in [4.69, 9.17) is 15.0 Å². The predicted octanol–water partition coefficient (Wildman–Crippen LogP) is 0.856. The molecule has 0 aromatic carbocycles. The molecule has 0 aliphatic carbocycles. The molecule has 1 unspecified atom stereocenters. The highest BCUT2D eigenvalue weighted by Gasteiger charge is 2.27. The summed E-state index contributed by atoms with van der Waals surface area (Å²) >= 11 is 0. The lowest BCUT2D eigenvalue weighted by molar-refractivity contribution is 0.363. The molecule has 5 heteroatoms. The topological polar surface area (TPSA) is 81.3 Å². The van der Waals surface area contributed by atoms with Gasteiger partial charge in [0.05, 0.1) is 6.07 Å². The van der Waals surface area contributed by atoms with Gasteiger partial charge >= 0.3 is 7.60 Å². The minimum Gasteiger partial charge on any atom is -0.324 e. The molecule has 0 rings (SSSR count). The van der Waals surface area contributed by atoms with Crippen LogP contribution in [-0.2, 0) is 4.57 Å². The van der Waals surface area contributed by atoms with Crippen LogP contribution in [0.5, 0.6) is 0 Å². The van der Waals surface area contributed by atoms with Crippen molar-refractivity contribution in [2.45, 2.75) is 25.4 Å². The molecule has 0 bridgehead atoms. The summed E-state index contributed by atoms with van der Waals surface area (Å²) in [5.74, 6) is 0. The van der Waals surface area contributed by atoms with Gasteiger partial charge in [0.2, 0.25) is 0 Å². The van der Waals surface area contributed by atoms with E-state index in [1.54, 1.807) is 13.0 Å². The average Bonchev–Trinajstić information content (AvgIpc) is 1.80. The van der Waals surface area contributed by atoms with Crippen molar-refractivity contribution in [1.82, 2.24) is 0 Å². The fraction of sp³-hybridized carbons (Fsp3) is 0.800. The van der Waals surface area contributed by atoms with Crippen LogP contribution in [0.15, 0.2) is 0 Å². The van der Waals surface area contributed by atoms with Crippen molar-refractivity contribution in [2.24, 2.45) is 0 Å². The Morgan fingerprint density at radius 2 is 2.20 bits per heavy atom. The van der Waals surface area contributed by atoms with E-state index in [-0.39, 0.29) is 6.42 Å². The Hall–Kier alpha value is -0.360. The highest BCUT2D eigenvalue weighted by atomic mass is 31.2. The molecule has 0 aliphatic heterocycles. The van der Waals surface area contributed by atoms with Crippen molar-refractivity contribution in [1.29, 1.82) is 5.26 Å². The van der Waals surface area contributed by atoms with Gasteiger partial charge in [-0.3, -0.25) is 4.57 Å². The van der Waals surface area contributed by atoms with Crippen LogP contribution >= 0.6 is 7.60 Å². The van der Waals surface area contributed by atoms with Gasteiger partial charge in [0, 0.05) is 0 Å². The molecule has 0 aromatic heterocycles. The molecule has 0 radical (unpaired) electrons. The van der Waals surface area contributed by atoms with Crippen LogP contribution in [0.4, 0.5) is 0 Å². The van der Waals surface area contributed by atoms with E-state index in [0.29, 0.717) is 6.42 Å². The standard InChI is InChI=1S/C5H10NO3P/c1-2-3-5(4-6)10(7,8)9/h5H,2-3H2,1H3,(H2,7,8,9). The molecule has 0 spiro atoms. The van der Waals surface area contributed by atoms with Gasteiger partial charge in [0.25, 0.3) is 0 Å². The Labute approximate surface area is 59.6 Å². The van der Waals surface area contributed by atoms with E-state index in [1.165, 1.54) is 0 Å². The predicted molar refractivity (Wildman–Crippen MR) is 36.4 cm³/mol. The quantitative estimate of drug-likeness (QED) is 0.604. The van der Waals surface area contributed by atoms with Gasteiger partial charge < -0.3 is 9.79 Å². The SMILES string of the molecule is CCCC(C#N)P(=O)(O)O. The minimum atomic E-state index is -4.15. The second-order valence-electron chi connectivity index (χ2n) is 2.02. The summed E-state index contributed by atoms with van der Waals surface area (Å²) in [6, 6.07) is 1.58. The molecule has 0 aromatic rings. The highest BCUT2D eigenvalue weighted by molar-refractivity contribution is 7.52. The largest absolute Gasteiger partial charge is 0.342 e. The third-order valence-electron chi connectivity index (χ3n) is 1.12. The molecule has 0 amide bonds. The van der Waals surface area contributed by atoms with Gasteiger partial charge in [-0.1, -0.05) is 13.3 Å². The van der Waals surface area contributed by atoms with Crippen molar-refractivity contribution in [3.63, 3.8) is 0 Å². The number of nitriles is 1. The lowest BCUT2D eigenvalue weighted by Gasteiger charge is -2.07. The fourth-order valence-electron chi connectivity index (χ4n) is 0.581. The van der Waals surface area contributed by atoms with E-state index in [0.717, 1.165) is 0 Å². The van der Waals surface area contributed by atoms with Gasteiger partial charge in [0.1, 0.15) is 5.66 Å². The van der Waals surface area contributed by atoms with Crippen molar-refractivity contribution < 1.29 is 14.4 Å². The number of hydrogen-bond acceptors (Lipinski definition) is 2. The average molecular weight is 163 g/mol. The van der Waals surface area contributed by atoms with Crippen LogP contribution in [0.2, 0.25) is 0 Å². The Bertz CT molecular complexity index is 180. The fourth-order valence-corrected chi connectivity index (χ4v) is 1.33. The maximum Gasteiger partial charge on any atom is 0.342 e. The first-order valence-corrected chi connectivity index (χ1v) is 4.65. The minimum absolute atomic E-state index is 0.265. The molecule has 0 aliphatic rings. The van der Waals surface area contributed by atoms with Gasteiger partial charge in [-0.25, -0.2) is 0 Å². The van der Waals surface area contributed by atoms with Crippen LogP contribution in [0.3, 0.4) is 0 Å². The maximum absolute atomic E-state index is 10.4. The van der Waals surface area contributed by atoms with Crippen LogP contribution in [0, 0.1) is 11.3 Å². The molecule has 0 fully saturated rings. The van der Waals surface area contributed by atoms with Crippen LogP contribution in [0.25, 0.3) is 0 Å². The molecular weight excluding hydrogens is 153 g/mol. The van der Waals surface area contributed by atoms with Crippen molar-refractivity contribution in [3.05, 3.63) is 0 Å². The number of hydrogen-bond donors (Lipinski definition) is 2. The molecular formula is C5H10NO3P. The molecule has 4 nitrogen and oxygen atoms in total. The van der Waals surface area contributed by atoms with E-state index < -0.39 is 13.3 Å². The first kappa shape index (κ1) is 9.64. The Morgan fingerprint density at radius 1 is 1.70 bits per heavy atom. The summed E-state index contributed by atoms with van der Waals surface area (Å²) in [4.78, 5) is 17.0. The third-order valence-corrected chi connectivity index (χ3v) is 2.30. The summed E-state index contributed by atoms with van der Waals surface area (Å²) in [7, 11) is -4.15. The van der Waals surface area contributed by atoms with E-state index >= 15 is 0 Å². The monoisotopic (exact) mass is 163 g/mol. The Kier molecular flexibility index (Phi) is 3.59. The Balaban J connectivity index is 4.12. The summed E-state index contributed by atoms with van der Waals surface area (Å²) < 4.78 is 10.4. The first-order chi connectivity index (χ1) is 4.52. The van der Waals surface area contributed by atoms with Crippen LogP contribution < -0.4 is 0 Å². The summed E-state index contributed by atoms with van der Waals surface area (Å²) in [6.07, 6.45) is 0.879. The molecule has 1 atom stereocenters. The summed E-state index contributed by atoms with van der Waals surface area (Å²) in [5.41, 5.74) is -1.11. The lowest BCUT2D eigenvalue weighted by atomic mass is 10.3. The molecule has 0 heterocycles. The van der Waals surface area contributed by atoms with Crippen molar-refractivity contribution in [2.75, 3.05) is 0 Å².